The molecule has 1 aromatic heterocycles. The summed E-state index contributed by atoms with van der Waals surface area (Å²) in [7, 11) is 0. The van der Waals surface area contributed by atoms with Gasteiger partial charge in [-0.3, -0.25) is 9.89 Å². The van der Waals surface area contributed by atoms with Crippen molar-refractivity contribution in [2.75, 3.05) is 13.1 Å². The van der Waals surface area contributed by atoms with Crippen LogP contribution in [0.4, 0.5) is 0 Å². The van der Waals surface area contributed by atoms with Crippen molar-refractivity contribution in [1.29, 1.82) is 0 Å². The molecule has 104 valence electrons. The number of amides is 1. The van der Waals surface area contributed by atoms with E-state index in [-0.39, 0.29) is 17.4 Å². The topological polar surface area (TPSA) is 75.0 Å². The molecule has 5 heteroatoms. The number of rotatable bonds is 1. The number of likely N-dealkylation sites (tertiary alicyclic amines) is 1. The van der Waals surface area contributed by atoms with Crippen LogP contribution in [0.2, 0.25) is 0 Å². The van der Waals surface area contributed by atoms with Crippen molar-refractivity contribution in [3.63, 3.8) is 0 Å². The van der Waals surface area contributed by atoms with Gasteiger partial charge in [0.2, 0.25) is 0 Å². The van der Waals surface area contributed by atoms with Gasteiger partial charge >= 0.3 is 0 Å². The van der Waals surface area contributed by atoms with Gasteiger partial charge in [0.1, 0.15) is 0 Å². The number of nitrogens with two attached hydrogens (primary N) is 1. The number of aryl methyl sites for hydroxylation is 1. The van der Waals surface area contributed by atoms with E-state index in [9.17, 15) is 4.79 Å². The van der Waals surface area contributed by atoms with E-state index in [2.05, 4.69) is 24.0 Å². The Hall–Kier alpha value is -1.36. The Morgan fingerprint density at radius 1 is 1.47 bits per heavy atom. The second-order valence-electron chi connectivity index (χ2n) is 6.49. The third kappa shape index (κ3) is 2.06. The first kappa shape index (κ1) is 12.7. The Morgan fingerprint density at radius 3 is 3.00 bits per heavy atom. The molecule has 1 unspecified atom stereocenters. The predicted molar refractivity (Wildman–Crippen MR) is 72.9 cm³/mol. The Bertz CT molecular complexity index is 506. The summed E-state index contributed by atoms with van der Waals surface area (Å²) in [6, 6.07) is 0.168. The van der Waals surface area contributed by atoms with Crippen LogP contribution in [0, 0.1) is 5.41 Å². The summed E-state index contributed by atoms with van der Waals surface area (Å²) in [5.74, 6) is 0.0689. The molecule has 19 heavy (non-hydrogen) atoms. The molecule has 0 radical (unpaired) electrons. The number of H-pyrrole nitrogens is 1. The van der Waals surface area contributed by atoms with Gasteiger partial charge < -0.3 is 10.6 Å². The number of carbonyl (C=O) groups is 1. The highest BCUT2D eigenvalue weighted by molar-refractivity contribution is 5.94. The minimum Gasteiger partial charge on any atom is -0.337 e. The molecular weight excluding hydrogens is 240 g/mol. The Labute approximate surface area is 113 Å². The first-order valence-corrected chi connectivity index (χ1v) is 7.10. The number of nitrogens with one attached hydrogen (secondary N) is 1. The van der Waals surface area contributed by atoms with Crippen molar-refractivity contribution in [2.45, 2.75) is 45.6 Å². The molecule has 3 N–H and O–H groups in total. The maximum atomic E-state index is 12.6. The lowest BCUT2D eigenvalue weighted by Crippen LogP contribution is -2.54. The third-order valence-corrected chi connectivity index (χ3v) is 4.61. The van der Waals surface area contributed by atoms with Gasteiger partial charge in [0, 0.05) is 30.4 Å². The van der Waals surface area contributed by atoms with E-state index in [0.29, 0.717) is 12.2 Å². The molecule has 1 amide bonds. The third-order valence-electron chi connectivity index (χ3n) is 4.61. The van der Waals surface area contributed by atoms with Crippen molar-refractivity contribution < 1.29 is 4.79 Å². The highest BCUT2D eigenvalue weighted by Gasteiger charge is 2.37. The summed E-state index contributed by atoms with van der Waals surface area (Å²) in [6.07, 6.45) is 3.99. The largest absolute Gasteiger partial charge is 0.337 e. The zero-order valence-electron chi connectivity index (χ0n) is 11.7. The van der Waals surface area contributed by atoms with E-state index in [1.165, 1.54) is 0 Å². The van der Waals surface area contributed by atoms with E-state index in [4.69, 9.17) is 5.73 Å². The fourth-order valence-electron chi connectivity index (χ4n) is 3.19. The van der Waals surface area contributed by atoms with E-state index < -0.39 is 0 Å². The maximum absolute atomic E-state index is 12.6. The van der Waals surface area contributed by atoms with Gasteiger partial charge in [0.05, 0.1) is 0 Å². The summed E-state index contributed by atoms with van der Waals surface area (Å²) in [4.78, 5) is 14.5. The van der Waals surface area contributed by atoms with Crippen molar-refractivity contribution in [1.82, 2.24) is 15.1 Å². The van der Waals surface area contributed by atoms with Gasteiger partial charge in [0.15, 0.2) is 5.69 Å². The summed E-state index contributed by atoms with van der Waals surface area (Å²) in [5.41, 5.74) is 9.03. The average molecular weight is 262 g/mol. The normalized spacial score (nSPS) is 25.4. The molecule has 3 rings (SSSR count). The summed E-state index contributed by atoms with van der Waals surface area (Å²) in [6.45, 7) is 5.72. The van der Waals surface area contributed by atoms with Crippen LogP contribution in [-0.4, -0.2) is 40.1 Å². The first-order chi connectivity index (χ1) is 8.99. The number of aromatic nitrogens is 2. The predicted octanol–water partition coefficient (Wildman–Crippen LogP) is 1.10. The van der Waals surface area contributed by atoms with Gasteiger partial charge in [-0.05, 0) is 31.1 Å². The molecule has 1 aliphatic carbocycles. The summed E-state index contributed by atoms with van der Waals surface area (Å²) >= 11 is 0. The molecule has 1 aliphatic heterocycles. The van der Waals surface area contributed by atoms with E-state index in [1.54, 1.807) is 0 Å². The van der Waals surface area contributed by atoms with Gasteiger partial charge in [-0.15, -0.1) is 0 Å². The molecule has 5 nitrogen and oxygen atoms in total. The van der Waals surface area contributed by atoms with E-state index in [0.717, 1.165) is 43.5 Å². The number of aromatic amines is 1. The van der Waals surface area contributed by atoms with Crippen molar-refractivity contribution >= 4 is 5.91 Å². The fourth-order valence-corrected chi connectivity index (χ4v) is 3.19. The molecule has 0 aromatic carbocycles. The van der Waals surface area contributed by atoms with E-state index >= 15 is 0 Å². The Morgan fingerprint density at radius 2 is 2.26 bits per heavy atom. The quantitative estimate of drug-likeness (QED) is 0.795. The number of fused-ring (bicyclic) bond motifs is 1. The van der Waals surface area contributed by atoms with Crippen LogP contribution < -0.4 is 5.73 Å². The van der Waals surface area contributed by atoms with Crippen molar-refractivity contribution in [3.05, 3.63) is 17.0 Å². The van der Waals surface area contributed by atoms with Gasteiger partial charge in [-0.25, -0.2) is 0 Å². The zero-order valence-corrected chi connectivity index (χ0v) is 11.7. The summed E-state index contributed by atoms with van der Waals surface area (Å²) in [5, 5.41) is 7.25. The molecule has 1 aromatic rings. The molecule has 0 bridgehead atoms. The minimum atomic E-state index is -0.0204. The van der Waals surface area contributed by atoms with Crippen molar-refractivity contribution in [3.8, 4) is 0 Å². The number of hydrogen-bond donors (Lipinski definition) is 2. The zero-order chi connectivity index (χ0) is 13.6. The number of carbonyl (C=O) groups excluding carboxylic acids is 1. The first-order valence-electron chi connectivity index (χ1n) is 7.10. The Kier molecular flexibility index (Phi) is 2.89. The lowest BCUT2D eigenvalue weighted by atomic mass is 9.79. The monoisotopic (exact) mass is 262 g/mol. The molecule has 2 aliphatic rings. The van der Waals surface area contributed by atoms with Gasteiger partial charge in [-0.1, -0.05) is 13.8 Å². The smallest absolute Gasteiger partial charge is 0.274 e. The number of hydrogen-bond acceptors (Lipinski definition) is 3. The average Bonchev–Trinajstić information content (AvgIpc) is 2.93. The molecule has 1 fully saturated rings. The van der Waals surface area contributed by atoms with Crippen LogP contribution in [-0.2, 0) is 12.8 Å². The lowest BCUT2D eigenvalue weighted by Gasteiger charge is -2.42. The van der Waals surface area contributed by atoms with Crippen LogP contribution in [0.25, 0.3) is 0 Å². The van der Waals surface area contributed by atoms with E-state index in [1.807, 2.05) is 4.90 Å². The van der Waals surface area contributed by atoms with Gasteiger partial charge in [-0.2, -0.15) is 5.10 Å². The SMILES string of the molecule is CC1(C)CN(C(=O)c2n[nH]c3c2CCC3)CCC1N. The number of nitrogens with zero attached hydrogens (tertiary/aromatic N) is 2. The molecule has 1 atom stereocenters. The standard InChI is InChI=1S/C14H22N4O/c1-14(2)8-18(7-6-11(14)15)13(19)12-9-4-3-5-10(9)16-17-12/h11H,3-8,15H2,1-2H3,(H,16,17). The lowest BCUT2D eigenvalue weighted by molar-refractivity contribution is 0.0526. The van der Waals surface area contributed by atoms with Crippen molar-refractivity contribution in [2.24, 2.45) is 11.1 Å². The van der Waals surface area contributed by atoms with Crippen LogP contribution >= 0.6 is 0 Å². The fraction of sp³-hybridized carbons (Fsp3) is 0.714. The molecule has 0 spiro atoms. The van der Waals surface area contributed by atoms with Crippen LogP contribution in [0.1, 0.15) is 48.4 Å². The van der Waals surface area contributed by atoms with Gasteiger partial charge in [0.25, 0.3) is 5.91 Å². The molecular formula is C14H22N4O. The Balaban J connectivity index is 1.81. The van der Waals surface area contributed by atoms with Crippen LogP contribution in [0.3, 0.4) is 0 Å². The highest BCUT2D eigenvalue weighted by atomic mass is 16.2. The second-order valence-corrected chi connectivity index (χ2v) is 6.49. The second kappa shape index (κ2) is 4.34. The summed E-state index contributed by atoms with van der Waals surface area (Å²) < 4.78 is 0. The molecule has 2 heterocycles. The number of piperidine rings is 1. The molecule has 1 saturated heterocycles. The maximum Gasteiger partial charge on any atom is 0.274 e. The highest BCUT2D eigenvalue weighted by Crippen LogP contribution is 2.30. The van der Waals surface area contributed by atoms with Crippen LogP contribution in [0.5, 0.6) is 0 Å². The van der Waals surface area contributed by atoms with Crippen LogP contribution in [0.15, 0.2) is 0 Å². The minimum absolute atomic E-state index is 0.0204. The molecule has 0 saturated carbocycles.